The van der Waals surface area contributed by atoms with Crippen LogP contribution in [0, 0.1) is 11.8 Å². The summed E-state index contributed by atoms with van der Waals surface area (Å²) >= 11 is 0. The molecule has 1 unspecified atom stereocenters. The van der Waals surface area contributed by atoms with Crippen LogP contribution in [-0.4, -0.2) is 35.0 Å². The molecule has 1 atom stereocenters. The van der Waals surface area contributed by atoms with Crippen molar-refractivity contribution in [2.45, 2.75) is 27.2 Å². The molecule has 0 aromatic rings. The second kappa shape index (κ2) is 5.14. The van der Waals surface area contributed by atoms with E-state index in [1.165, 1.54) is 0 Å². The number of likely N-dealkylation sites (tertiary alicyclic amines) is 1. The van der Waals surface area contributed by atoms with Crippen LogP contribution in [-0.2, 0) is 9.59 Å². The Morgan fingerprint density at radius 2 is 2.25 bits per heavy atom. The predicted molar refractivity (Wildman–Crippen MR) is 60.9 cm³/mol. The third kappa shape index (κ3) is 3.08. The van der Waals surface area contributed by atoms with Crippen molar-refractivity contribution in [3.8, 4) is 0 Å². The number of carbonyl (C=O) groups is 2. The molecule has 16 heavy (non-hydrogen) atoms. The Hall–Kier alpha value is -1.32. The number of carboxylic acid groups (broad SMARTS) is 1. The molecule has 1 aliphatic rings. The van der Waals surface area contributed by atoms with Crippen molar-refractivity contribution < 1.29 is 14.7 Å². The average Bonchev–Trinajstić information content (AvgIpc) is 2.56. The molecule has 0 saturated carbocycles. The Kier molecular flexibility index (Phi) is 4.10. The first-order valence-electron chi connectivity index (χ1n) is 5.59. The number of amides is 1. The maximum atomic E-state index is 11.6. The maximum absolute atomic E-state index is 11.6. The average molecular weight is 225 g/mol. The molecule has 0 aromatic heterocycles. The molecule has 0 radical (unpaired) electrons. The summed E-state index contributed by atoms with van der Waals surface area (Å²) in [6.07, 6.45) is 2.20. The summed E-state index contributed by atoms with van der Waals surface area (Å²) in [6.45, 7) is 6.93. The van der Waals surface area contributed by atoms with Gasteiger partial charge in [0.2, 0.25) is 5.91 Å². The van der Waals surface area contributed by atoms with Crippen LogP contribution in [0.1, 0.15) is 27.2 Å². The quantitative estimate of drug-likeness (QED) is 0.738. The van der Waals surface area contributed by atoms with Crippen LogP contribution in [0.3, 0.4) is 0 Å². The fraction of sp³-hybridized carbons (Fsp3) is 0.667. The Morgan fingerprint density at radius 1 is 1.62 bits per heavy atom. The van der Waals surface area contributed by atoms with Crippen LogP contribution >= 0.6 is 0 Å². The summed E-state index contributed by atoms with van der Waals surface area (Å²) in [7, 11) is 0. The number of carboxylic acids is 1. The van der Waals surface area contributed by atoms with Gasteiger partial charge in [0, 0.05) is 25.1 Å². The molecule has 1 rings (SSSR count). The second-order valence-corrected chi connectivity index (χ2v) is 4.70. The number of hydrogen-bond donors (Lipinski definition) is 1. The number of rotatable bonds is 4. The van der Waals surface area contributed by atoms with E-state index in [1.54, 1.807) is 17.9 Å². The molecule has 1 N–H and O–H groups in total. The van der Waals surface area contributed by atoms with Gasteiger partial charge in [0.15, 0.2) is 0 Å². The Bertz CT molecular complexity index is 320. The largest absolute Gasteiger partial charge is 0.478 e. The summed E-state index contributed by atoms with van der Waals surface area (Å²) in [6, 6.07) is 0. The van der Waals surface area contributed by atoms with Gasteiger partial charge in [-0.3, -0.25) is 4.79 Å². The minimum atomic E-state index is -0.924. The molecule has 0 aromatic carbocycles. The number of aliphatic carboxylic acids is 1. The van der Waals surface area contributed by atoms with Gasteiger partial charge in [-0.05, 0) is 18.8 Å². The van der Waals surface area contributed by atoms with E-state index in [4.69, 9.17) is 5.11 Å². The molecule has 1 aliphatic heterocycles. The summed E-state index contributed by atoms with van der Waals surface area (Å²) in [5, 5.41) is 8.69. The van der Waals surface area contributed by atoms with Crippen molar-refractivity contribution in [2.75, 3.05) is 13.1 Å². The molecule has 0 spiro atoms. The van der Waals surface area contributed by atoms with Gasteiger partial charge < -0.3 is 10.0 Å². The van der Waals surface area contributed by atoms with Crippen LogP contribution in [0.15, 0.2) is 11.6 Å². The van der Waals surface area contributed by atoms with E-state index in [1.807, 2.05) is 0 Å². The molecule has 4 nitrogen and oxygen atoms in total. The number of nitrogens with zero attached hydrogens (tertiary/aromatic N) is 1. The SMILES string of the molecule is C/C(=C/CN1CC(C(C)C)CC1=O)C(=O)O. The minimum absolute atomic E-state index is 0.133. The summed E-state index contributed by atoms with van der Waals surface area (Å²) in [4.78, 5) is 23.9. The first kappa shape index (κ1) is 12.7. The van der Waals surface area contributed by atoms with Gasteiger partial charge in [0.25, 0.3) is 0 Å². The second-order valence-electron chi connectivity index (χ2n) is 4.70. The van der Waals surface area contributed by atoms with Gasteiger partial charge >= 0.3 is 5.97 Å². The topological polar surface area (TPSA) is 57.6 Å². The van der Waals surface area contributed by atoms with Gasteiger partial charge in [0.05, 0.1) is 0 Å². The van der Waals surface area contributed by atoms with Gasteiger partial charge in [-0.25, -0.2) is 4.79 Å². The number of hydrogen-bond acceptors (Lipinski definition) is 2. The first-order chi connectivity index (χ1) is 7.41. The summed E-state index contributed by atoms with van der Waals surface area (Å²) < 4.78 is 0. The highest BCUT2D eigenvalue weighted by Gasteiger charge is 2.30. The molecule has 1 amide bonds. The Balaban J connectivity index is 2.54. The maximum Gasteiger partial charge on any atom is 0.331 e. The van der Waals surface area contributed by atoms with E-state index in [-0.39, 0.29) is 5.91 Å². The summed E-state index contributed by atoms with van der Waals surface area (Å²) in [5.41, 5.74) is 0.292. The van der Waals surface area contributed by atoms with Crippen LogP contribution in [0.2, 0.25) is 0 Å². The highest BCUT2D eigenvalue weighted by atomic mass is 16.4. The Labute approximate surface area is 95.9 Å². The van der Waals surface area contributed by atoms with E-state index < -0.39 is 5.97 Å². The number of carbonyl (C=O) groups excluding carboxylic acids is 1. The molecule has 0 bridgehead atoms. The molecule has 1 heterocycles. The van der Waals surface area contributed by atoms with Crippen LogP contribution < -0.4 is 0 Å². The zero-order valence-corrected chi connectivity index (χ0v) is 10.1. The van der Waals surface area contributed by atoms with Gasteiger partial charge in [-0.1, -0.05) is 19.9 Å². The van der Waals surface area contributed by atoms with Crippen LogP contribution in [0.4, 0.5) is 0 Å². The first-order valence-corrected chi connectivity index (χ1v) is 5.59. The van der Waals surface area contributed by atoms with Crippen molar-refractivity contribution in [3.63, 3.8) is 0 Å². The minimum Gasteiger partial charge on any atom is -0.478 e. The zero-order chi connectivity index (χ0) is 12.3. The summed E-state index contributed by atoms with van der Waals surface area (Å²) in [5.74, 6) is 0.115. The van der Waals surface area contributed by atoms with Crippen molar-refractivity contribution in [1.29, 1.82) is 0 Å². The van der Waals surface area contributed by atoms with E-state index in [0.717, 1.165) is 6.54 Å². The molecule has 1 fully saturated rings. The van der Waals surface area contributed by atoms with E-state index >= 15 is 0 Å². The third-order valence-corrected chi connectivity index (χ3v) is 3.14. The molecule has 0 aliphatic carbocycles. The smallest absolute Gasteiger partial charge is 0.331 e. The van der Waals surface area contributed by atoms with Crippen molar-refractivity contribution >= 4 is 11.9 Å². The zero-order valence-electron chi connectivity index (χ0n) is 10.1. The fourth-order valence-electron chi connectivity index (χ4n) is 1.76. The highest BCUT2D eigenvalue weighted by molar-refractivity contribution is 5.86. The molecule has 4 heteroatoms. The predicted octanol–water partition coefficient (Wildman–Crippen LogP) is 1.52. The molecule has 90 valence electrons. The van der Waals surface area contributed by atoms with Gasteiger partial charge in [-0.15, -0.1) is 0 Å². The molecular weight excluding hydrogens is 206 g/mol. The lowest BCUT2D eigenvalue weighted by molar-refractivity contribution is -0.133. The Morgan fingerprint density at radius 3 is 2.69 bits per heavy atom. The molecule has 1 saturated heterocycles. The lowest BCUT2D eigenvalue weighted by Crippen LogP contribution is -2.26. The van der Waals surface area contributed by atoms with Crippen LogP contribution in [0.5, 0.6) is 0 Å². The van der Waals surface area contributed by atoms with Crippen molar-refractivity contribution in [3.05, 3.63) is 11.6 Å². The lowest BCUT2D eigenvalue weighted by atomic mass is 9.95. The monoisotopic (exact) mass is 225 g/mol. The third-order valence-electron chi connectivity index (χ3n) is 3.14. The van der Waals surface area contributed by atoms with E-state index in [9.17, 15) is 9.59 Å². The van der Waals surface area contributed by atoms with Crippen molar-refractivity contribution in [1.82, 2.24) is 4.90 Å². The molecular formula is C12H19NO3. The fourth-order valence-corrected chi connectivity index (χ4v) is 1.76. The standard InChI is InChI=1S/C12H19NO3/c1-8(2)10-6-11(14)13(7-10)5-4-9(3)12(15)16/h4,8,10H,5-7H2,1-3H3,(H,15,16)/b9-4-. The van der Waals surface area contributed by atoms with E-state index in [2.05, 4.69) is 13.8 Å². The van der Waals surface area contributed by atoms with Crippen molar-refractivity contribution in [2.24, 2.45) is 11.8 Å². The van der Waals surface area contributed by atoms with Gasteiger partial charge in [0.1, 0.15) is 0 Å². The highest BCUT2D eigenvalue weighted by Crippen LogP contribution is 2.24. The normalized spacial score (nSPS) is 22.0. The van der Waals surface area contributed by atoms with Gasteiger partial charge in [-0.2, -0.15) is 0 Å². The van der Waals surface area contributed by atoms with E-state index in [0.29, 0.717) is 30.4 Å². The van der Waals surface area contributed by atoms with Crippen LogP contribution in [0.25, 0.3) is 0 Å². The lowest BCUT2D eigenvalue weighted by Gasteiger charge is -2.16.